The molecule has 0 atom stereocenters. The van der Waals surface area contributed by atoms with Gasteiger partial charge in [0.25, 0.3) is 5.91 Å². The molecule has 25 heavy (non-hydrogen) atoms. The Morgan fingerprint density at radius 3 is 2.68 bits per heavy atom. The molecule has 3 aromatic rings. The smallest absolute Gasteiger partial charge is 0.283 e. The molecule has 4 N–H and O–H groups in total. The Kier molecular flexibility index (Phi) is 5.16. The first-order chi connectivity index (χ1) is 12.1. The van der Waals surface area contributed by atoms with E-state index in [0.717, 1.165) is 41.6 Å². The Morgan fingerprint density at radius 2 is 1.92 bits per heavy atom. The normalized spacial score (nSPS) is 11.8. The van der Waals surface area contributed by atoms with Gasteiger partial charge in [-0.3, -0.25) is 4.79 Å². The third-order valence-electron chi connectivity index (χ3n) is 4.00. The van der Waals surface area contributed by atoms with Crippen molar-refractivity contribution >= 4 is 23.0 Å². The van der Waals surface area contributed by atoms with Gasteiger partial charge in [-0.25, -0.2) is 0 Å². The summed E-state index contributed by atoms with van der Waals surface area (Å²) in [5, 5.41) is 13.9. The predicted molar refractivity (Wildman–Crippen MR) is 97.9 cm³/mol. The molecule has 0 unspecified atom stereocenters. The van der Waals surface area contributed by atoms with E-state index >= 15 is 0 Å². The van der Waals surface area contributed by atoms with E-state index in [-0.39, 0.29) is 0 Å². The van der Waals surface area contributed by atoms with Crippen molar-refractivity contribution in [2.75, 3.05) is 6.54 Å². The molecule has 2 aromatic carbocycles. The van der Waals surface area contributed by atoms with E-state index in [0.29, 0.717) is 0 Å². The minimum Gasteiger partial charge on any atom is -0.503 e. The van der Waals surface area contributed by atoms with E-state index in [1.165, 1.54) is 11.6 Å². The van der Waals surface area contributed by atoms with E-state index < -0.39 is 11.7 Å². The number of hydrogen-bond donors (Lipinski definition) is 3. The van der Waals surface area contributed by atoms with Crippen molar-refractivity contribution < 1.29 is 14.3 Å². The summed E-state index contributed by atoms with van der Waals surface area (Å²) in [5.41, 5.74) is 8.96. The Balaban J connectivity index is 1.51. The molecule has 0 saturated heterocycles. The predicted octanol–water partition coefficient (Wildman–Crippen LogP) is 3.15. The monoisotopic (exact) mass is 336 g/mol. The molecule has 0 aliphatic carbocycles. The maximum absolute atomic E-state index is 10.8. The second-order valence-electron chi connectivity index (χ2n) is 5.82. The first-order valence-corrected chi connectivity index (χ1v) is 8.09. The van der Waals surface area contributed by atoms with Crippen LogP contribution in [0.5, 0.6) is 0 Å². The molecule has 1 amide bonds. The molecule has 0 aliphatic heterocycles. The zero-order chi connectivity index (χ0) is 17.6. The Labute approximate surface area is 145 Å². The van der Waals surface area contributed by atoms with Crippen LogP contribution in [0.3, 0.4) is 0 Å². The Morgan fingerprint density at radius 1 is 1.16 bits per heavy atom. The van der Waals surface area contributed by atoms with E-state index in [2.05, 4.69) is 11.4 Å². The van der Waals surface area contributed by atoms with Gasteiger partial charge in [0.2, 0.25) is 0 Å². The molecule has 1 aromatic heterocycles. The summed E-state index contributed by atoms with van der Waals surface area (Å²) in [6.45, 7) is 1.58. The lowest BCUT2D eigenvalue weighted by Crippen LogP contribution is -2.16. The molecule has 0 radical (unpaired) electrons. The molecule has 0 saturated carbocycles. The molecule has 5 heteroatoms. The number of rotatable bonds is 7. The molecule has 0 spiro atoms. The van der Waals surface area contributed by atoms with E-state index in [1.807, 2.05) is 48.7 Å². The first kappa shape index (κ1) is 16.8. The van der Waals surface area contributed by atoms with Crippen molar-refractivity contribution in [3.63, 3.8) is 0 Å². The minimum atomic E-state index is -0.836. The Hall–Kier alpha value is -3.05. The van der Waals surface area contributed by atoms with Crippen LogP contribution in [-0.2, 0) is 17.8 Å². The third kappa shape index (κ3) is 4.28. The highest BCUT2D eigenvalue weighted by molar-refractivity contribution is 5.93. The maximum Gasteiger partial charge on any atom is 0.283 e. The summed E-state index contributed by atoms with van der Waals surface area (Å²) < 4.78 is 5.54. The molecule has 0 bridgehead atoms. The zero-order valence-electron chi connectivity index (χ0n) is 13.7. The largest absolute Gasteiger partial charge is 0.503 e. The van der Waals surface area contributed by atoms with Gasteiger partial charge in [-0.2, -0.15) is 0 Å². The number of benzene rings is 2. The van der Waals surface area contributed by atoms with Crippen LogP contribution in [0.1, 0.15) is 16.7 Å². The molecule has 0 fully saturated rings. The lowest BCUT2D eigenvalue weighted by atomic mass is 10.1. The summed E-state index contributed by atoms with van der Waals surface area (Å²) in [7, 11) is 0. The molecular formula is C20H20N2O3. The van der Waals surface area contributed by atoms with E-state index in [4.69, 9.17) is 10.2 Å². The number of fused-ring (bicyclic) bond motifs is 1. The number of carbonyl (C=O) groups excluding carboxylic acids is 1. The minimum absolute atomic E-state index is 0.446. The average molecular weight is 336 g/mol. The van der Waals surface area contributed by atoms with Crippen LogP contribution in [0.4, 0.5) is 0 Å². The summed E-state index contributed by atoms with van der Waals surface area (Å²) in [6.07, 6.45) is 4.06. The number of furan rings is 1. The molecule has 1 heterocycles. The topological polar surface area (TPSA) is 88.5 Å². The summed E-state index contributed by atoms with van der Waals surface area (Å²) in [5.74, 6) is -1.28. The lowest BCUT2D eigenvalue weighted by Gasteiger charge is -2.05. The highest BCUT2D eigenvalue weighted by Gasteiger charge is 2.04. The van der Waals surface area contributed by atoms with Crippen LogP contribution in [0.15, 0.2) is 65.0 Å². The van der Waals surface area contributed by atoms with Crippen LogP contribution in [0, 0.1) is 0 Å². The van der Waals surface area contributed by atoms with Crippen molar-refractivity contribution in [2.24, 2.45) is 5.73 Å². The number of nitrogens with one attached hydrogen (secondary N) is 1. The number of amides is 1. The molecule has 128 valence electrons. The lowest BCUT2D eigenvalue weighted by molar-refractivity contribution is -0.116. The van der Waals surface area contributed by atoms with Crippen molar-refractivity contribution in [1.29, 1.82) is 0 Å². The van der Waals surface area contributed by atoms with Gasteiger partial charge >= 0.3 is 0 Å². The average Bonchev–Trinajstić information content (AvgIpc) is 3.03. The van der Waals surface area contributed by atoms with Gasteiger partial charge in [-0.05, 0) is 41.8 Å². The van der Waals surface area contributed by atoms with Crippen LogP contribution in [0.2, 0.25) is 0 Å². The van der Waals surface area contributed by atoms with Crippen LogP contribution >= 0.6 is 0 Å². The van der Waals surface area contributed by atoms with Gasteiger partial charge in [0, 0.05) is 11.9 Å². The van der Waals surface area contributed by atoms with Gasteiger partial charge < -0.3 is 20.6 Å². The van der Waals surface area contributed by atoms with Crippen molar-refractivity contribution in [3.05, 3.63) is 77.2 Å². The molecule has 3 rings (SSSR count). The van der Waals surface area contributed by atoms with Gasteiger partial charge in [-0.15, -0.1) is 0 Å². The quantitative estimate of drug-likeness (QED) is 0.351. The second kappa shape index (κ2) is 7.68. The number of para-hydroxylation sites is 1. The summed E-state index contributed by atoms with van der Waals surface area (Å²) in [4.78, 5) is 10.8. The summed E-state index contributed by atoms with van der Waals surface area (Å²) in [6, 6.07) is 15.6. The van der Waals surface area contributed by atoms with E-state index in [9.17, 15) is 9.90 Å². The third-order valence-corrected chi connectivity index (χ3v) is 4.00. The zero-order valence-corrected chi connectivity index (χ0v) is 13.7. The fourth-order valence-electron chi connectivity index (χ4n) is 2.64. The van der Waals surface area contributed by atoms with Crippen molar-refractivity contribution in [2.45, 2.75) is 13.0 Å². The van der Waals surface area contributed by atoms with Gasteiger partial charge in [-0.1, -0.05) is 42.5 Å². The maximum atomic E-state index is 10.8. The van der Waals surface area contributed by atoms with Gasteiger partial charge in [0.15, 0.2) is 5.76 Å². The van der Waals surface area contributed by atoms with Gasteiger partial charge in [0.05, 0.1) is 6.26 Å². The fourth-order valence-corrected chi connectivity index (χ4v) is 2.64. The SMILES string of the molecule is NC(=O)C(O)=Cc1ccc(CNCCc2coc3ccccc23)cc1. The first-order valence-electron chi connectivity index (χ1n) is 8.09. The highest BCUT2D eigenvalue weighted by atomic mass is 16.3. The Bertz CT molecular complexity index is 895. The van der Waals surface area contributed by atoms with Crippen molar-refractivity contribution in [3.8, 4) is 0 Å². The highest BCUT2D eigenvalue weighted by Crippen LogP contribution is 2.20. The molecular weight excluding hydrogens is 316 g/mol. The fraction of sp³-hybridized carbons (Fsp3) is 0.150. The number of hydrogen-bond acceptors (Lipinski definition) is 4. The van der Waals surface area contributed by atoms with Crippen LogP contribution in [-0.4, -0.2) is 17.6 Å². The van der Waals surface area contributed by atoms with E-state index in [1.54, 1.807) is 0 Å². The van der Waals surface area contributed by atoms with Crippen molar-refractivity contribution in [1.82, 2.24) is 5.32 Å². The molecule has 5 nitrogen and oxygen atoms in total. The van der Waals surface area contributed by atoms with Crippen LogP contribution in [0.25, 0.3) is 17.0 Å². The number of aliphatic hydroxyl groups is 1. The number of carbonyl (C=O) groups is 1. The van der Waals surface area contributed by atoms with Gasteiger partial charge in [0.1, 0.15) is 5.58 Å². The number of nitrogens with two attached hydrogens (primary N) is 1. The number of primary amides is 1. The molecule has 0 aliphatic rings. The standard InChI is InChI=1S/C20H20N2O3/c21-20(24)18(23)11-14-5-7-15(8-6-14)12-22-10-9-16-13-25-19-4-2-1-3-17(16)19/h1-8,11,13,22-23H,9-10,12H2,(H2,21,24). The van der Waals surface area contributed by atoms with Crippen LogP contribution < -0.4 is 11.1 Å². The summed E-state index contributed by atoms with van der Waals surface area (Å²) >= 11 is 0. The number of aliphatic hydroxyl groups excluding tert-OH is 1. The second-order valence-corrected chi connectivity index (χ2v) is 5.82.